The summed E-state index contributed by atoms with van der Waals surface area (Å²) >= 11 is 0. The van der Waals surface area contributed by atoms with Crippen LogP contribution in [0.1, 0.15) is 38.5 Å². The summed E-state index contributed by atoms with van der Waals surface area (Å²) in [6.45, 7) is 2.88. The highest BCUT2D eigenvalue weighted by Gasteiger charge is 2.38. The van der Waals surface area contributed by atoms with Crippen molar-refractivity contribution in [3.05, 3.63) is 32.6 Å². The summed E-state index contributed by atoms with van der Waals surface area (Å²) in [5.41, 5.74) is -1.10. The number of H-pyrrole nitrogens is 1. The number of aromatic amines is 1. The van der Waals surface area contributed by atoms with Gasteiger partial charge in [0.15, 0.2) is 0 Å². The number of rotatable bonds is 4. The third-order valence-corrected chi connectivity index (χ3v) is 3.47. The molecule has 1 aliphatic rings. The first-order valence-electron chi connectivity index (χ1n) is 7.24. The van der Waals surface area contributed by atoms with Crippen molar-refractivity contribution in [2.75, 3.05) is 6.61 Å². The molecule has 1 saturated heterocycles. The minimum Gasteiger partial charge on any atom is -0.459 e. The fourth-order valence-corrected chi connectivity index (χ4v) is 2.33. The van der Waals surface area contributed by atoms with Gasteiger partial charge in [-0.15, -0.1) is 5.92 Å². The number of esters is 1. The van der Waals surface area contributed by atoms with Crippen LogP contribution < -0.4 is 11.2 Å². The van der Waals surface area contributed by atoms with E-state index in [1.54, 1.807) is 13.8 Å². The molecular formula is C15H18N2O6. The molecule has 8 heteroatoms. The second kappa shape index (κ2) is 7.26. The standard InChI is InChI=1S/C15H18N2O6/c1-3-5-9-7-17(15(21)16-14(9)20)12-6-10(11(8-18)22-12)23-13(19)4-2/h7,10-12,18H,4,6,8H2,1-2H3,(H,16,20,21)/t10-,11+,12+/m0/s1. The van der Waals surface area contributed by atoms with Crippen molar-refractivity contribution >= 4 is 5.97 Å². The number of carbonyl (C=O) groups excluding carboxylic acids is 1. The quantitative estimate of drug-likeness (QED) is 0.572. The maximum atomic E-state index is 12.0. The van der Waals surface area contributed by atoms with Crippen LogP contribution in [0.15, 0.2) is 15.8 Å². The van der Waals surface area contributed by atoms with Crippen LogP contribution in [0.25, 0.3) is 0 Å². The zero-order valence-corrected chi connectivity index (χ0v) is 12.9. The molecular weight excluding hydrogens is 304 g/mol. The molecule has 1 aliphatic heterocycles. The van der Waals surface area contributed by atoms with Crippen LogP contribution in [0, 0.1) is 11.8 Å². The van der Waals surface area contributed by atoms with Crippen molar-refractivity contribution in [3.8, 4) is 11.8 Å². The molecule has 0 unspecified atom stereocenters. The number of nitrogens with zero attached hydrogens (tertiary/aromatic N) is 1. The van der Waals surface area contributed by atoms with E-state index in [9.17, 15) is 19.5 Å². The molecule has 0 aliphatic carbocycles. The minimum atomic E-state index is -0.761. The van der Waals surface area contributed by atoms with Crippen molar-refractivity contribution in [2.45, 2.75) is 45.1 Å². The molecule has 2 rings (SSSR count). The molecule has 0 radical (unpaired) electrons. The average Bonchev–Trinajstić information content (AvgIpc) is 2.92. The molecule has 0 spiro atoms. The number of hydrogen-bond acceptors (Lipinski definition) is 6. The van der Waals surface area contributed by atoms with Crippen LogP contribution >= 0.6 is 0 Å². The largest absolute Gasteiger partial charge is 0.459 e. The molecule has 0 amide bonds. The van der Waals surface area contributed by atoms with Crippen molar-refractivity contribution in [3.63, 3.8) is 0 Å². The molecule has 1 aromatic heterocycles. The van der Waals surface area contributed by atoms with Crippen LogP contribution in [0.2, 0.25) is 0 Å². The highest BCUT2D eigenvalue weighted by molar-refractivity contribution is 5.69. The number of aromatic nitrogens is 2. The molecule has 2 N–H and O–H groups in total. The summed E-state index contributed by atoms with van der Waals surface area (Å²) in [6, 6.07) is 0. The van der Waals surface area contributed by atoms with Gasteiger partial charge < -0.3 is 14.6 Å². The predicted octanol–water partition coefficient (Wildman–Crippen LogP) is -0.490. The van der Waals surface area contributed by atoms with E-state index in [0.717, 1.165) is 0 Å². The highest BCUT2D eigenvalue weighted by atomic mass is 16.6. The van der Waals surface area contributed by atoms with Gasteiger partial charge in [-0.25, -0.2) is 4.79 Å². The topological polar surface area (TPSA) is 111 Å². The van der Waals surface area contributed by atoms with E-state index in [1.807, 2.05) is 0 Å². The Morgan fingerprint density at radius 1 is 1.57 bits per heavy atom. The maximum absolute atomic E-state index is 12.0. The summed E-state index contributed by atoms with van der Waals surface area (Å²) in [5, 5.41) is 9.36. The average molecular weight is 322 g/mol. The molecule has 124 valence electrons. The van der Waals surface area contributed by atoms with Gasteiger partial charge >= 0.3 is 11.7 Å². The lowest BCUT2D eigenvalue weighted by Gasteiger charge is -2.16. The molecule has 8 nitrogen and oxygen atoms in total. The Morgan fingerprint density at radius 3 is 2.91 bits per heavy atom. The minimum absolute atomic E-state index is 0.130. The van der Waals surface area contributed by atoms with E-state index >= 15 is 0 Å². The molecule has 2 heterocycles. The van der Waals surface area contributed by atoms with Crippen molar-refractivity contribution in [2.24, 2.45) is 0 Å². The Bertz CT molecular complexity index is 754. The molecule has 23 heavy (non-hydrogen) atoms. The first-order valence-corrected chi connectivity index (χ1v) is 7.24. The molecule has 1 aromatic rings. The van der Waals surface area contributed by atoms with Gasteiger partial charge in [0.1, 0.15) is 24.0 Å². The maximum Gasteiger partial charge on any atom is 0.330 e. The Labute approximate surface area is 132 Å². The van der Waals surface area contributed by atoms with Crippen molar-refractivity contribution < 1.29 is 19.4 Å². The van der Waals surface area contributed by atoms with Gasteiger partial charge in [0, 0.05) is 19.0 Å². The Morgan fingerprint density at radius 2 is 2.30 bits per heavy atom. The summed E-state index contributed by atoms with van der Waals surface area (Å²) in [4.78, 5) is 37.2. The SMILES string of the molecule is CC#Cc1cn([C@H]2C[C@H](OC(=O)CC)[C@@H](CO)O2)c(=O)[nH]c1=O. The van der Waals surface area contributed by atoms with Gasteiger partial charge in [-0.3, -0.25) is 19.1 Å². The molecule has 3 atom stereocenters. The van der Waals surface area contributed by atoms with E-state index in [0.29, 0.717) is 0 Å². The second-order valence-corrected chi connectivity index (χ2v) is 5.01. The zero-order chi connectivity index (χ0) is 17.0. The van der Waals surface area contributed by atoms with E-state index in [1.165, 1.54) is 10.8 Å². The lowest BCUT2D eigenvalue weighted by atomic mass is 10.2. The van der Waals surface area contributed by atoms with Gasteiger partial charge in [0.2, 0.25) is 0 Å². The Kier molecular flexibility index (Phi) is 5.36. The van der Waals surface area contributed by atoms with Crippen LogP contribution in [0.4, 0.5) is 0 Å². The van der Waals surface area contributed by atoms with Gasteiger partial charge in [0.05, 0.1) is 6.61 Å². The van der Waals surface area contributed by atoms with Crippen molar-refractivity contribution in [1.29, 1.82) is 0 Å². The summed E-state index contributed by atoms with van der Waals surface area (Å²) in [5.74, 6) is 4.78. The first kappa shape index (κ1) is 17.0. The van der Waals surface area contributed by atoms with E-state index in [-0.39, 0.29) is 25.0 Å². The fourth-order valence-electron chi connectivity index (χ4n) is 2.33. The third-order valence-electron chi connectivity index (χ3n) is 3.47. The third kappa shape index (κ3) is 3.70. The summed E-state index contributed by atoms with van der Waals surface area (Å²) in [6.07, 6.45) is -0.438. The van der Waals surface area contributed by atoms with Crippen molar-refractivity contribution in [1.82, 2.24) is 9.55 Å². The summed E-state index contributed by atoms with van der Waals surface area (Å²) in [7, 11) is 0. The lowest BCUT2D eigenvalue weighted by Crippen LogP contribution is -2.33. The van der Waals surface area contributed by atoms with Crippen LogP contribution in [-0.4, -0.2) is 39.4 Å². The van der Waals surface area contributed by atoms with Gasteiger partial charge in [0.25, 0.3) is 5.56 Å². The number of carbonyl (C=O) groups is 1. The fraction of sp³-hybridized carbons (Fsp3) is 0.533. The molecule has 0 aromatic carbocycles. The number of nitrogens with one attached hydrogen (secondary N) is 1. The Hall–Kier alpha value is -2.37. The smallest absolute Gasteiger partial charge is 0.330 e. The zero-order valence-electron chi connectivity index (χ0n) is 12.9. The van der Waals surface area contributed by atoms with Gasteiger partial charge in [-0.05, 0) is 6.92 Å². The first-order chi connectivity index (χ1) is 11.0. The van der Waals surface area contributed by atoms with Gasteiger partial charge in [-0.1, -0.05) is 12.8 Å². The predicted molar refractivity (Wildman–Crippen MR) is 79.7 cm³/mol. The van der Waals surface area contributed by atoms with Crippen LogP contribution in [0.5, 0.6) is 0 Å². The normalized spacial score (nSPS) is 23.2. The number of aliphatic hydroxyl groups is 1. The van der Waals surface area contributed by atoms with Crippen LogP contribution in [0.3, 0.4) is 0 Å². The van der Waals surface area contributed by atoms with Crippen LogP contribution in [-0.2, 0) is 14.3 Å². The Balaban J connectivity index is 2.30. The van der Waals surface area contributed by atoms with E-state index in [4.69, 9.17) is 9.47 Å². The van der Waals surface area contributed by atoms with E-state index < -0.39 is 35.7 Å². The van der Waals surface area contributed by atoms with E-state index in [2.05, 4.69) is 16.8 Å². The monoisotopic (exact) mass is 322 g/mol. The molecule has 0 saturated carbocycles. The summed E-state index contributed by atoms with van der Waals surface area (Å²) < 4.78 is 12.0. The lowest BCUT2D eigenvalue weighted by molar-refractivity contribution is -0.152. The second-order valence-electron chi connectivity index (χ2n) is 5.01. The number of aliphatic hydroxyl groups excluding tert-OH is 1. The number of ether oxygens (including phenoxy) is 2. The number of hydrogen-bond donors (Lipinski definition) is 2. The highest BCUT2D eigenvalue weighted by Crippen LogP contribution is 2.29. The molecule has 0 bridgehead atoms. The molecule has 1 fully saturated rings. The van der Waals surface area contributed by atoms with Gasteiger partial charge in [-0.2, -0.15) is 0 Å².